The maximum atomic E-state index is 13.1. The largest absolute Gasteiger partial charge is 0.379 e. The second kappa shape index (κ2) is 8.73. The summed E-state index contributed by atoms with van der Waals surface area (Å²) in [6.45, 7) is 5.28. The molecule has 0 aliphatic carbocycles. The van der Waals surface area contributed by atoms with E-state index in [1.165, 1.54) is 0 Å². The first-order valence-electron chi connectivity index (χ1n) is 9.54. The summed E-state index contributed by atoms with van der Waals surface area (Å²) in [5.41, 5.74) is 1.33. The van der Waals surface area contributed by atoms with Crippen LogP contribution in [0.4, 0.5) is 5.95 Å². The smallest absolute Gasteiger partial charge is 0.267 e. The molecule has 0 radical (unpaired) electrons. The highest BCUT2D eigenvalue weighted by Crippen LogP contribution is 2.18. The van der Waals surface area contributed by atoms with Gasteiger partial charge >= 0.3 is 0 Å². The van der Waals surface area contributed by atoms with Crippen molar-refractivity contribution in [3.05, 3.63) is 63.9 Å². The molecule has 146 valence electrons. The van der Waals surface area contributed by atoms with E-state index < -0.39 is 0 Å². The van der Waals surface area contributed by atoms with Crippen molar-refractivity contribution < 1.29 is 4.74 Å². The molecule has 0 spiro atoms. The van der Waals surface area contributed by atoms with Crippen molar-refractivity contribution in [1.82, 2.24) is 14.5 Å². The van der Waals surface area contributed by atoms with E-state index in [1.54, 1.807) is 22.8 Å². The lowest BCUT2D eigenvalue weighted by Crippen LogP contribution is -2.37. The van der Waals surface area contributed by atoms with Crippen molar-refractivity contribution in [3.8, 4) is 5.69 Å². The van der Waals surface area contributed by atoms with Gasteiger partial charge in [-0.3, -0.25) is 9.69 Å². The number of nitrogens with zero attached hydrogens (tertiary/aromatic N) is 3. The third kappa shape index (κ3) is 4.19. The Kier molecular flexibility index (Phi) is 5.90. The summed E-state index contributed by atoms with van der Waals surface area (Å²) in [5, 5.41) is 4.58. The number of benzene rings is 2. The van der Waals surface area contributed by atoms with Gasteiger partial charge in [0, 0.05) is 24.7 Å². The van der Waals surface area contributed by atoms with E-state index in [4.69, 9.17) is 21.3 Å². The van der Waals surface area contributed by atoms with Crippen molar-refractivity contribution in [2.45, 2.75) is 6.42 Å². The molecule has 0 atom stereocenters. The van der Waals surface area contributed by atoms with Crippen molar-refractivity contribution >= 4 is 28.5 Å². The lowest BCUT2D eigenvalue weighted by atomic mass is 10.2. The van der Waals surface area contributed by atoms with Crippen molar-refractivity contribution in [2.24, 2.45) is 0 Å². The molecule has 7 heteroatoms. The van der Waals surface area contributed by atoms with Gasteiger partial charge < -0.3 is 10.1 Å². The number of halogens is 1. The second-order valence-electron chi connectivity index (χ2n) is 6.80. The summed E-state index contributed by atoms with van der Waals surface area (Å²) in [6.07, 6.45) is 0.962. The molecular weight excluding hydrogens is 376 g/mol. The zero-order valence-electron chi connectivity index (χ0n) is 15.6. The number of anilines is 1. The SMILES string of the molecule is O=c1c2ccccc2nc(NCCCN2CCOCC2)n1-c1ccc(Cl)cc1. The predicted molar refractivity (Wildman–Crippen MR) is 113 cm³/mol. The highest BCUT2D eigenvalue weighted by atomic mass is 35.5. The molecule has 1 N–H and O–H groups in total. The molecular formula is C21H23ClN4O2. The van der Waals surface area contributed by atoms with Crippen molar-refractivity contribution in [3.63, 3.8) is 0 Å². The molecule has 0 bridgehead atoms. The molecule has 1 aliphatic heterocycles. The zero-order chi connectivity index (χ0) is 19.3. The van der Waals surface area contributed by atoms with E-state index in [0.717, 1.165) is 51.5 Å². The number of hydrogen-bond donors (Lipinski definition) is 1. The first-order chi connectivity index (χ1) is 13.7. The number of ether oxygens (including phenoxy) is 1. The van der Waals surface area contributed by atoms with Crippen LogP contribution in [0, 0.1) is 0 Å². The Labute approximate surface area is 168 Å². The zero-order valence-corrected chi connectivity index (χ0v) is 16.4. The fourth-order valence-corrected chi connectivity index (χ4v) is 3.53. The van der Waals surface area contributed by atoms with E-state index in [-0.39, 0.29) is 5.56 Å². The minimum atomic E-state index is -0.0939. The maximum absolute atomic E-state index is 13.1. The van der Waals surface area contributed by atoms with Crippen LogP contribution in [0.3, 0.4) is 0 Å². The molecule has 6 nitrogen and oxygen atoms in total. The lowest BCUT2D eigenvalue weighted by Gasteiger charge is -2.26. The topological polar surface area (TPSA) is 59.4 Å². The molecule has 2 aromatic carbocycles. The number of morpholine rings is 1. The van der Waals surface area contributed by atoms with E-state index in [1.807, 2.05) is 30.3 Å². The Morgan fingerprint density at radius 2 is 1.82 bits per heavy atom. The molecule has 0 amide bonds. The average molecular weight is 399 g/mol. The van der Waals surface area contributed by atoms with Gasteiger partial charge in [0.1, 0.15) is 0 Å². The summed E-state index contributed by atoms with van der Waals surface area (Å²) >= 11 is 6.02. The van der Waals surface area contributed by atoms with Gasteiger partial charge in [0.15, 0.2) is 0 Å². The fourth-order valence-electron chi connectivity index (χ4n) is 3.41. The van der Waals surface area contributed by atoms with Gasteiger partial charge in [-0.25, -0.2) is 9.55 Å². The summed E-state index contributed by atoms with van der Waals surface area (Å²) in [4.78, 5) is 20.2. The molecule has 1 aromatic heterocycles. The summed E-state index contributed by atoms with van der Waals surface area (Å²) in [5.74, 6) is 0.549. The van der Waals surface area contributed by atoms with Gasteiger partial charge in [-0.1, -0.05) is 23.7 Å². The first-order valence-corrected chi connectivity index (χ1v) is 9.92. The molecule has 2 heterocycles. The lowest BCUT2D eigenvalue weighted by molar-refractivity contribution is 0.0378. The Morgan fingerprint density at radius 3 is 2.61 bits per heavy atom. The van der Waals surface area contributed by atoms with Crippen LogP contribution < -0.4 is 10.9 Å². The molecule has 0 saturated carbocycles. The fraction of sp³-hybridized carbons (Fsp3) is 0.333. The maximum Gasteiger partial charge on any atom is 0.267 e. The van der Waals surface area contributed by atoms with Crippen LogP contribution in [0.1, 0.15) is 6.42 Å². The van der Waals surface area contributed by atoms with Gasteiger partial charge in [-0.05, 0) is 49.4 Å². The normalized spacial score (nSPS) is 15.0. The second-order valence-corrected chi connectivity index (χ2v) is 7.24. The molecule has 3 aromatic rings. The molecule has 0 unspecified atom stereocenters. The minimum Gasteiger partial charge on any atom is -0.379 e. The van der Waals surface area contributed by atoms with E-state index in [0.29, 0.717) is 21.9 Å². The van der Waals surface area contributed by atoms with Gasteiger partial charge in [0.05, 0.1) is 29.8 Å². The Morgan fingerprint density at radius 1 is 1.07 bits per heavy atom. The van der Waals surface area contributed by atoms with Gasteiger partial charge in [0.25, 0.3) is 5.56 Å². The highest BCUT2D eigenvalue weighted by Gasteiger charge is 2.13. The van der Waals surface area contributed by atoms with Gasteiger partial charge in [-0.2, -0.15) is 0 Å². The number of fused-ring (bicyclic) bond motifs is 1. The number of aromatic nitrogens is 2. The molecule has 4 rings (SSSR count). The van der Waals surface area contributed by atoms with Gasteiger partial charge in [0.2, 0.25) is 5.95 Å². The predicted octanol–water partition coefficient (Wildman–Crippen LogP) is 3.17. The first kappa shape index (κ1) is 18.9. The van der Waals surface area contributed by atoms with Crippen LogP contribution in [0.5, 0.6) is 0 Å². The van der Waals surface area contributed by atoms with Crippen molar-refractivity contribution in [2.75, 3.05) is 44.7 Å². The molecule has 1 aliphatic rings. The third-order valence-corrected chi connectivity index (χ3v) is 5.15. The van der Waals surface area contributed by atoms with E-state index >= 15 is 0 Å². The van der Waals surface area contributed by atoms with Crippen LogP contribution in [0.2, 0.25) is 5.02 Å². The van der Waals surface area contributed by atoms with Crippen LogP contribution >= 0.6 is 11.6 Å². The molecule has 1 saturated heterocycles. The van der Waals surface area contributed by atoms with Crippen molar-refractivity contribution in [1.29, 1.82) is 0 Å². The third-order valence-electron chi connectivity index (χ3n) is 4.90. The number of rotatable bonds is 6. The van der Waals surface area contributed by atoms with E-state index in [9.17, 15) is 4.79 Å². The highest BCUT2D eigenvalue weighted by molar-refractivity contribution is 6.30. The Hall–Kier alpha value is -2.41. The molecule has 28 heavy (non-hydrogen) atoms. The molecule has 1 fully saturated rings. The quantitative estimate of drug-likeness (QED) is 0.646. The summed E-state index contributed by atoms with van der Waals surface area (Å²) in [7, 11) is 0. The van der Waals surface area contributed by atoms with Crippen LogP contribution in [0.25, 0.3) is 16.6 Å². The Bertz CT molecular complexity index is 997. The average Bonchev–Trinajstić information content (AvgIpc) is 2.73. The van der Waals surface area contributed by atoms with Crippen LogP contribution in [0.15, 0.2) is 53.3 Å². The summed E-state index contributed by atoms with van der Waals surface area (Å²) in [6, 6.07) is 14.6. The van der Waals surface area contributed by atoms with Gasteiger partial charge in [-0.15, -0.1) is 0 Å². The number of hydrogen-bond acceptors (Lipinski definition) is 5. The number of para-hydroxylation sites is 1. The minimum absolute atomic E-state index is 0.0939. The van der Waals surface area contributed by atoms with Crippen LogP contribution in [-0.4, -0.2) is 53.8 Å². The van der Waals surface area contributed by atoms with E-state index in [2.05, 4.69) is 10.2 Å². The standard InChI is InChI=1S/C21H23ClN4O2/c22-16-6-8-17(9-7-16)26-20(27)18-4-1-2-5-19(18)24-21(26)23-10-3-11-25-12-14-28-15-13-25/h1-2,4-9H,3,10-15H2,(H,23,24). The van der Waals surface area contributed by atoms with Crippen LogP contribution in [-0.2, 0) is 4.74 Å². The monoisotopic (exact) mass is 398 g/mol. The number of nitrogens with one attached hydrogen (secondary N) is 1. The summed E-state index contributed by atoms with van der Waals surface area (Å²) < 4.78 is 7.01. The Balaban J connectivity index is 1.59.